The molecule has 0 saturated heterocycles. The Morgan fingerprint density at radius 2 is 1.76 bits per heavy atom. The van der Waals surface area contributed by atoms with Gasteiger partial charge >= 0.3 is 0 Å². The van der Waals surface area contributed by atoms with Gasteiger partial charge in [-0.15, -0.1) is 0 Å². The van der Waals surface area contributed by atoms with Gasteiger partial charge in [0.15, 0.2) is 0 Å². The molecule has 2 rings (SSSR count). The maximum Gasteiger partial charge on any atom is 0.225 e. The fraction of sp³-hybridized carbons (Fsp3) is 0.235. The van der Waals surface area contributed by atoms with Crippen molar-refractivity contribution < 1.29 is 4.79 Å². The van der Waals surface area contributed by atoms with Gasteiger partial charge in [0.1, 0.15) is 0 Å². The zero-order chi connectivity index (χ0) is 15.1. The Morgan fingerprint density at radius 1 is 1.10 bits per heavy atom. The monoisotopic (exact) mass is 283 g/mol. The van der Waals surface area contributed by atoms with Gasteiger partial charge in [-0.1, -0.05) is 30.3 Å². The average Bonchev–Trinajstić information content (AvgIpc) is 2.49. The van der Waals surface area contributed by atoms with Gasteiger partial charge in [0.05, 0.1) is 0 Å². The van der Waals surface area contributed by atoms with Crippen LogP contribution in [0.15, 0.2) is 54.6 Å². The molecule has 0 fully saturated rings. The van der Waals surface area contributed by atoms with E-state index in [2.05, 4.69) is 22.3 Å². The zero-order valence-electron chi connectivity index (χ0n) is 12.3. The first-order chi connectivity index (χ1) is 10.1. The fourth-order valence-corrected chi connectivity index (χ4v) is 2.06. The number of anilines is 2. The molecule has 0 aromatic heterocycles. The normalized spacial score (nSPS) is 10.6. The quantitative estimate of drug-likeness (QED) is 0.801. The van der Waals surface area contributed by atoms with Crippen molar-refractivity contribution >= 4 is 17.3 Å². The van der Waals surface area contributed by atoms with Crippen LogP contribution in [0.1, 0.15) is 12.0 Å². The van der Waals surface area contributed by atoms with Crippen molar-refractivity contribution in [2.75, 3.05) is 24.6 Å². The standard InChI is InChI=1S/C17H21N3O/c1-20(13-14-5-3-2-4-6-14)12-11-17(21)19-16-9-7-15(18)8-10-16/h2-10H,11-13,18H2,1H3,(H,19,21). The second-order valence-corrected chi connectivity index (χ2v) is 5.14. The Balaban J connectivity index is 1.74. The molecule has 110 valence electrons. The molecule has 0 spiro atoms. The molecular formula is C17H21N3O. The highest BCUT2D eigenvalue weighted by Crippen LogP contribution is 2.11. The fourth-order valence-electron chi connectivity index (χ4n) is 2.06. The van der Waals surface area contributed by atoms with Gasteiger partial charge in [0, 0.05) is 30.9 Å². The molecule has 0 aliphatic carbocycles. The molecule has 0 atom stereocenters. The highest BCUT2D eigenvalue weighted by molar-refractivity contribution is 5.90. The molecule has 3 N–H and O–H groups in total. The van der Waals surface area contributed by atoms with E-state index in [1.165, 1.54) is 5.56 Å². The molecule has 21 heavy (non-hydrogen) atoms. The van der Waals surface area contributed by atoms with Crippen LogP contribution in [0.3, 0.4) is 0 Å². The van der Waals surface area contributed by atoms with E-state index >= 15 is 0 Å². The van der Waals surface area contributed by atoms with Crippen LogP contribution in [-0.4, -0.2) is 24.4 Å². The number of amides is 1. The summed E-state index contributed by atoms with van der Waals surface area (Å²) < 4.78 is 0. The lowest BCUT2D eigenvalue weighted by Gasteiger charge is -2.16. The lowest BCUT2D eigenvalue weighted by molar-refractivity contribution is -0.116. The van der Waals surface area contributed by atoms with Crippen LogP contribution in [-0.2, 0) is 11.3 Å². The lowest BCUT2D eigenvalue weighted by Crippen LogP contribution is -2.24. The molecule has 0 radical (unpaired) electrons. The molecule has 4 nitrogen and oxygen atoms in total. The van der Waals surface area contributed by atoms with E-state index < -0.39 is 0 Å². The molecule has 0 aliphatic rings. The molecule has 1 amide bonds. The molecule has 0 heterocycles. The van der Waals surface area contributed by atoms with E-state index in [9.17, 15) is 4.79 Å². The van der Waals surface area contributed by atoms with Crippen LogP contribution >= 0.6 is 0 Å². The average molecular weight is 283 g/mol. The summed E-state index contributed by atoms with van der Waals surface area (Å²) in [7, 11) is 2.02. The van der Waals surface area contributed by atoms with E-state index in [4.69, 9.17) is 5.73 Å². The van der Waals surface area contributed by atoms with Crippen molar-refractivity contribution in [3.63, 3.8) is 0 Å². The maximum absolute atomic E-state index is 11.9. The van der Waals surface area contributed by atoms with Crippen molar-refractivity contribution in [3.05, 3.63) is 60.2 Å². The highest BCUT2D eigenvalue weighted by Gasteiger charge is 2.05. The van der Waals surface area contributed by atoms with Gasteiger partial charge in [-0.2, -0.15) is 0 Å². The molecule has 2 aromatic rings. The number of nitrogen functional groups attached to an aromatic ring is 1. The number of nitrogens with zero attached hydrogens (tertiary/aromatic N) is 1. The summed E-state index contributed by atoms with van der Waals surface area (Å²) in [6.45, 7) is 1.56. The van der Waals surface area contributed by atoms with E-state index in [0.717, 1.165) is 18.8 Å². The molecule has 0 aliphatic heterocycles. The minimum absolute atomic E-state index is 0.0136. The Kier molecular flexibility index (Phi) is 5.35. The Bertz CT molecular complexity index is 566. The van der Waals surface area contributed by atoms with Crippen LogP contribution in [0.2, 0.25) is 0 Å². The third kappa shape index (κ3) is 5.28. The summed E-state index contributed by atoms with van der Waals surface area (Å²) >= 11 is 0. The SMILES string of the molecule is CN(CCC(=O)Nc1ccc(N)cc1)Cc1ccccc1. The van der Waals surface area contributed by atoms with Crippen molar-refractivity contribution in [2.24, 2.45) is 0 Å². The topological polar surface area (TPSA) is 58.4 Å². The molecule has 0 saturated carbocycles. The van der Waals surface area contributed by atoms with E-state index in [-0.39, 0.29) is 5.91 Å². The van der Waals surface area contributed by atoms with E-state index in [1.54, 1.807) is 24.3 Å². The van der Waals surface area contributed by atoms with Crippen LogP contribution in [0, 0.1) is 0 Å². The highest BCUT2D eigenvalue weighted by atomic mass is 16.1. The first kappa shape index (κ1) is 15.1. The predicted molar refractivity (Wildman–Crippen MR) is 86.9 cm³/mol. The van der Waals surface area contributed by atoms with Crippen molar-refractivity contribution in [1.29, 1.82) is 0 Å². The van der Waals surface area contributed by atoms with Gasteiger partial charge < -0.3 is 16.0 Å². The third-order valence-electron chi connectivity index (χ3n) is 3.21. The number of nitrogens with two attached hydrogens (primary N) is 1. The maximum atomic E-state index is 11.9. The second kappa shape index (κ2) is 7.45. The van der Waals surface area contributed by atoms with Crippen molar-refractivity contribution in [3.8, 4) is 0 Å². The molecule has 0 bridgehead atoms. The lowest BCUT2D eigenvalue weighted by atomic mass is 10.2. The number of carbonyl (C=O) groups excluding carboxylic acids is 1. The summed E-state index contributed by atoms with van der Waals surface area (Å²) in [5.41, 5.74) is 8.33. The Hall–Kier alpha value is -2.33. The van der Waals surface area contributed by atoms with Crippen molar-refractivity contribution in [1.82, 2.24) is 4.90 Å². The molecule has 4 heteroatoms. The molecule has 0 unspecified atom stereocenters. The Labute approximate surface area is 125 Å². The first-order valence-electron chi connectivity index (χ1n) is 7.01. The summed E-state index contributed by atoms with van der Waals surface area (Å²) in [5, 5.41) is 2.87. The Morgan fingerprint density at radius 3 is 2.43 bits per heavy atom. The number of benzene rings is 2. The second-order valence-electron chi connectivity index (χ2n) is 5.14. The first-order valence-corrected chi connectivity index (χ1v) is 7.01. The van der Waals surface area contributed by atoms with Gasteiger partial charge in [-0.05, 0) is 36.9 Å². The van der Waals surface area contributed by atoms with Gasteiger partial charge in [0.2, 0.25) is 5.91 Å². The van der Waals surface area contributed by atoms with Crippen LogP contribution in [0.5, 0.6) is 0 Å². The summed E-state index contributed by atoms with van der Waals surface area (Å²) in [5.74, 6) is 0.0136. The van der Waals surface area contributed by atoms with Gasteiger partial charge in [-0.3, -0.25) is 4.79 Å². The third-order valence-corrected chi connectivity index (χ3v) is 3.21. The van der Waals surface area contributed by atoms with Crippen molar-refractivity contribution in [2.45, 2.75) is 13.0 Å². The number of nitrogens with one attached hydrogen (secondary N) is 1. The van der Waals surface area contributed by atoms with Crippen LogP contribution in [0.25, 0.3) is 0 Å². The number of hydrogen-bond donors (Lipinski definition) is 2. The molecule has 2 aromatic carbocycles. The minimum Gasteiger partial charge on any atom is -0.399 e. The van der Waals surface area contributed by atoms with Gasteiger partial charge in [0.25, 0.3) is 0 Å². The minimum atomic E-state index is 0.0136. The predicted octanol–water partition coefficient (Wildman–Crippen LogP) is 2.73. The summed E-state index contributed by atoms with van der Waals surface area (Å²) in [6, 6.07) is 17.4. The summed E-state index contributed by atoms with van der Waals surface area (Å²) in [6.07, 6.45) is 0.466. The number of hydrogen-bond acceptors (Lipinski definition) is 3. The van der Waals surface area contributed by atoms with Crippen LogP contribution < -0.4 is 11.1 Å². The van der Waals surface area contributed by atoms with Gasteiger partial charge in [-0.25, -0.2) is 0 Å². The smallest absolute Gasteiger partial charge is 0.225 e. The van der Waals surface area contributed by atoms with E-state index in [0.29, 0.717) is 12.1 Å². The zero-order valence-corrected chi connectivity index (χ0v) is 12.3. The number of rotatable bonds is 6. The van der Waals surface area contributed by atoms with E-state index in [1.807, 2.05) is 25.2 Å². The number of carbonyl (C=O) groups is 1. The molecular weight excluding hydrogens is 262 g/mol. The summed E-state index contributed by atoms with van der Waals surface area (Å²) in [4.78, 5) is 14.0. The largest absolute Gasteiger partial charge is 0.399 e. The van der Waals surface area contributed by atoms with Crippen LogP contribution in [0.4, 0.5) is 11.4 Å².